The number of nitrogens with zero attached hydrogens (tertiary/aromatic N) is 3. The minimum Gasteiger partial charge on any atom is -0.346 e. The molecular weight excluding hydrogens is 426 g/mol. The molecule has 3 aromatic rings. The minimum absolute atomic E-state index is 0. The van der Waals surface area contributed by atoms with Crippen molar-refractivity contribution in [3.8, 4) is 0 Å². The number of carbonyl (C=O) groups is 2. The second-order valence-corrected chi connectivity index (χ2v) is 8.49. The minimum atomic E-state index is -0.670. The first-order valence-corrected chi connectivity index (χ1v) is 10.3. The summed E-state index contributed by atoms with van der Waals surface area (Å²) in [5.74, 6) is 0.347. The Kier molecular flexibility index (Phi) is 6.71. The molecule has 2 amide bonds. The number of hydrogen-bond acceptors (Lipinski definition) is 4. The molecule has 0 unspecified atom stereocenters. The highest BCUT2D eigenvalue weighted by Crippen LogP contribution is 2.22. The second-order valence-electron chi connectivity index (χ2n) is 8.49. The summed E-state index contributed by atoms with van der Waals surface area (Å²) in [7, 11) is 3.81. The van der Waals surface area contributed by atoms with Crippen LogP contribution in [0.5, 0.6) is 0 Å². The van der Waals surface area contributed by atoms with Crippen LogP contribution in [0, 0.1) is 0 Å². The van der Waals surface area contributed by atoms with E-state index in [1.54, 1.807) is 30.3 Å². The van der Waals surface area contributed by atoms with Crippen LogP contribution in [-0.4, -0.2) is 38.9 Å². The van der Waals surface area contributed by atoms with Crippen LogP contribution in [0.1, 0.15) is 30.7 Å². The highest BCUT2D eigenvalue weighted by molar-refractivity contribution is 5.98. The lowest BCUT2D eigenvalue weighted by Gasteiger charge is -2.21. The zero-order chi connectivity index (χ0) is 22.2. The van der Waals surface area contributed by atoms with E-state index in [9.17, 15) is 9.59 Å². The SMILES string of the molecule is CN(Cc1cc2ccccc2n1C)C(=O)/C=C/c1cnc2c(c1)CNC(C)(C)C(=O)N2.Cl. The summed E-state index contributed by atoms with van der Waals surface area (Å²) in [6, 6.07) is 12.2. The van der Waals surface area contributed by atoms with E-state index < -0.39 is 5.54 Å². The molecule has 0 saturated carbocycles. The molecule has 8 heteroatoms. The van der Waals surface area contributed by atoms with E-state index >= 15 is 0 Å². The van der Waals surface area contributed by atoms with E-state index in [-0.39, 0.29) is 24.2 Å². The van der Waals surface area contributed by atoms with Crippen molar-refractivity contribution in [2.75, 3.05) is 12.4 Å². The van der Waals surface area contributed by atoms with Crippen molar-refractivity contribution in [2.45, 2.75) is 32.5 Å². The average Bonchev–Trinajstić information content (AvgIpc) is 3.00. The number of likely N-dealkylation sites (N-methyl/N-ethyl adjacent to an activating group) is 1. The number of nitrogens with one attached hydrogen (secondary N) is 2. The normalized spacial score (nSPS) is 15.1. The molecule has 2 N–H and O–H groups in total. The Morgan fingerprint density at radius 1 is 1.28 bits per heavy atom. The van der Waals surface area contributed by atoms with Crippen molar-refractivity contribution in [3.63, 3.8) is 0 Å². The van der Waals surface area contributed by atoms with Crippen LogP contribution in [-0.2, 0) is 29.7 Å². The Balaban J connectivity index is 0.00000289. The van der Waals surface area contributed by atoms with Gasteiger partial charge in [0.15, 0.2) is 0 Å². The fraction of sp³-hybridized carbons (Fsp3) is 0.292. The van der Waals surface area contributed by atoms with Crippen LogP contribution in [0.25, 0.3) is 17.0 Å². The number of carbonyl (C=O) groups excluding carboxylic acids is 2. The molecule has 1 aliphatic rings. The summed E-state index contributed by atoms with van der Waals surface area (Å²) >= 11 is 0. The Hall–Kier alpha value is -3.16. The van der Waals surface area contributed by atoms with Gasteiger partial charge in [-0.15, -0.1) is 12.4 Å². The van der Waals surface area contributed by atoms with E-state index in [0.717, 1.165) is 27.7 Å². The van der Waals surface area contributed by atoms with Crippen molar-refractivity contribution in [1.82, 2.24) is 19.8 Å². The third-order valence-corrected chi connectivity index (χ3v) is 5.75. The Morgan fingerprint density at radius 3 is 2.78 bits per heavy atom. The fourth-order valence-corrected chi connectivity index (χ4v) is 3.64. The molecule has 4 rings (SSSR count). The topological polar surface area (TPSA) is 79.3 Å². The van der Waals surface area contributed by atoms with Gasteiger partial charge in [0.1, 0.15) is 5.82 Å². The van der Waals surface area contributed by atoms with E-state index in [1.807, 2.05) is 39.1 Å². The highest BCUT2D eigenvalue weighted by Gasteiger charge is 2.30. The molecular formula is C24H28ClN5O2. The van der Waals surface area contributed by atoms with Gasteiger partial charge in [0.05, 0.1) is 12.1 Å². The largest absolute Gasteiger partial charge is 0.346 e. The number of halogens is 1. The molecule has 2 aromatic heterocycles. The van der Waals surface area contributed by atoms with Gasteiger partial charge in [0.25, 0.3) is 0 Å². The van der Waals surface area contributed by atoms with E-state index in [4.69, 9.17) is 0 Å². The molecule has 0 spiro atoms. The highest BCUT2D eigenvalue weighted by atomic mass is 35.5. The van der Waals surface area contributed by atoms with Gasteiger partial charge in [-0.05, 0) is 49.1 Å². The number of aryl methyl sites for hydroxylation is 1. The third kappa shape index (κ3) is 4.69. The monoisotopic (exact) mass is 453 g/mol. The molecule has 1 aromatic carbocycles. The molecule has 0 bridgehead atoms. The van der Waals surface area contributed by atoms with E-state index in [2.05, 4.69) is 38.4 Å². The third-order valence-electron chi connectivity index (χ3n) is 5.75. The molecule has 0 fully saturated rings. The number of anilines is 1. The van der Waals surface area contributed by atoms with Gasteiger partial charge in [-0.1, -0.05) is 18.2 Å². The van der Waals surface area contributed by atoms with Crippen LogP contribution >= 0.6 is 12.4 Å². The number of para-hydroxylation sites is 1. The van der Waals surface area contributed by atoms with Gasteiger partial charge in [0, 0.05) is 49.7 Å². The van der Waals surface area contributed by atoms with Crippen molar-refractivity contribution in [1.29, 1.82) is 0 Å². The number of hydrogen-bond donors (Lipinski definition) is 2. The van der Waals surface area contributed by atoms with Crippen LogP contribution < -0.4 is 10.6 Å². The number of amides is 2. The van der Waals surface area contributed by atoms with Gasteiger partial charge in [-0.2, -0.15) is 0 Å². The van der Waals surface area contributed by atoms with Crippen LogP contribution in [0.15, 0.2) is 48.7 Å². The lowest BCUT2D eigenvalue weighted by atomic mass is 10.1. The van der Waals surface area contributed by atoms with Crippen molar-refractivity contribution >= 4 is 47.0 Å². The van der Waals surface area contributed by atoms with Gasteiger partial charge in [-0.3, -0.25) is 14.9 Å². The van der Waals surface area contributed by atoms with Crippen molar-refractivity contribution in [3.05, 3.63) is 65.5 Å². The predicted octanol–water partition coefficient (Wildman–Crippen LogP) is 3.49. The summed E-state index contributed by atoms with van der Waals surface area (Å²) in [6.45, 7) is 4.70. The zero-order valence-corrected chi connectivity index (χ0v) is 19.5. The molecule has 3 heterocycles. The number of fused-ring (bicyclic) bond motifs is 2. The van der Waals surface area contributed by atoms with Gasteiger partial charge >= 0.3 is 0 Å². The molecule has 7 nitrogen and oxygen atoms in total. The number of aromatic nitrogens is 2. The Bertz CT molecular complexity index is 1200. The Morgan fingerprint density at radius 2 is 2.03 bits per heavy atom. The lowest BCUT2D eigenvalue weighted by molar-refractivity contribution is -0.125. The van der Waals surface area contributed by atoms with Gasteiger partial charge in [-0.25, -0.2) is 4.98 Å². The quantitative estimate of drug-likeness (QED) is 0.593. The lowest BCUT2D eigenvalue weighted by Crippen LogP contribution is -2.47. The maximum absolute atomic E-state index is 12.7. The number of benzene rings is 1. The molecule has 0 saturated heterocycles. The van der Waals surface area contributed by atoms with Crippen LogP contribution in [0.2, 0.25) is 0 Å². The summed E-state index contributed by atoms with van der Waals surface area (Å²) < 4.78 is 2.11. The summed E-state index contributed by atoms with van der Waals surface area (Å²) in [6.07, 6.45) is 4.97. The maximum Gasteiger partial charge on any atom is 0.246 e. The summed E-state index contributed by atoms with van der Waals surface area (Å²) in [5, 5.41) is 7.24. The van der Waals surface area contributed by atoms with Crippen LogP contribution in [0.4, 0.5) is 5.82 Å². The standard InChI is InChI=1S/C24H27N5O2.ClH/c1-24(2)23(31)27-22-18(14-26-24)11-16(13-25-22)9-10-21(30)28(3)15-19-12-17-7-5-6-8-20(17)29(19)4;/h5-13,26H,14-15H2,1-4H3,(H,25,27,31);1H/b10-9+;. The van der Waals surface area contributed by atoms with Crippen LogP contribution in [0.3, 0.4) is 0 Å². The first kappa shape index (κ1) is 23.5. The van der Waals surface area contributed by atoms with Crippen molar-refractivity contribution in [2.24, 2.45) is 7.05 Å². The Labute approximate surface area is 193 Å². The molecule has 0 radical (unpaired) electrons. The van der Waals surface area contributed by atoms with Gasteiger partial charge in [0.2, 0.25) is 11.8 Å². The average molecular weight is 454 g/mol. The number of rotatable bonds is 4. The van der Waals surface area contributed by atoms with Gasteiger partial charge < -0.3 is 14.8 Å². The van der Waals surface area contributed by atoms with E-state index in [1.165, 1.54) is 0 Å². The molecule has 1 aliphatic heterocycles. The smallest absolute Gasteiger partial charge is 0.246 e. The first-order valence-electron chi connectivity index (χ1n) is 10.3. The summed E-state index contributed by atoms with van der Waals surface area (Å²) in [5.41, 5.74) is 3.24. The summed E-state index contributed by atoms with van der Waals surface area (Å²) in [4.78, 5) is 30.9. The molecule has 168 valence electrons. The predicted molar refractivity (Wildman–Crippen MR) is 129 cm³/mol. The zero-order valence-electron chi connectivity index (χ0n) is 18.7. The fourth-order valence-electron chi connectivity index (χ4n) is 3.64. The molecule has 32 heavy (non-hydrogen) atoms. The molecule has 0 atom stereocenters. The maximum atomic E-state index is 12.7. The number of pyridine rings is 1. The molecule has 0 aliphatic carbocycles. The van der Waals surface area contributed by atoms with E-state index in [0.29, 0.717) is 18.9 Å². The second kappa shape index (κ2) is 9.14. The first-order chi connectivity index (χ1) is 14.7. The van der Waals surface area contributed by atoms with Crippen molar-refractivity contribution < 1.29 is 9.59 Å².